The van der Waals surface area contributed by atoms with Gasteiger partial charge >= 0.3 is 6.09 Å². The number of morpholine rings is 1. The van der Waals surface area contributed by atoms with Crippen molar-refractivity contribution in [3.05, 3.63) is 22.9 Å². The van der Waals surface area contributed by atoms with Crippen LogP contribution in [0.25, 0.3) is 0 Å². The molecule has 0 atom stereocenters. The van der Waals surface area contributed by atoms with Crippen LogP contribution in [0.15, 0.2) is 6.07 Å². The van der Waals surface area contributed by atoms with E-state index >= 15 is 0 Å². The molecule has 0 bridgehead atoms. The first kappa shape index (κ1) is 19.9. The summed E-state index contributed by atoms with van der Waals surface area (Å²) < 4.78 is 10.5. The van der Waals surface area contributed by atoms with Crippen molar-refractivity contribution in [2.24, 2.45) is 0 Å². The molecule has 150 valence electrons. The molecule has 1 aromatic rings. The van der Waals surface area contributed by atoms with Crippen LogP contribution in [-0.4, -0.2) is 48.9 Å². The van der Waals surface area contributed by atoms with Crippen LogP contribution in [0.2, 0.25) is 0 Å². The molecule has 0 unspecified atom stereocenters. The van der Waals surface area contributed by atoms with Gasteiger partial charge in [0.15, 0.2) is 0 Å². The Morgan fingerprint density at radius 1 is 1.29 bits per heavy atom. The number of pyridine rings is 1. The van der Waals surface area contributed by atoms with Crippen LogP contribution < -0.4 is 15.8 Å². The van der Waals surface area contributed by atoms with Gasteiger partial charge in [-0.25, -0.2) is 15.2 Å². The van der Waals surface area contributed by atoms with Crippen LogP contribution >= 0.6 is 0 Å². The van der Waals surface area contributed by atoms with E-state index < -0.39 is 17.6 Å². The Morgan fingerprint density at radius 2 is 1.96 bits per heavy atom. The molecule has 0 spiro atoms. The van der Waals surface area contributed by atoms with Gasteiger partial charge in [-0.05, 0) is 39.7 Å². The number of nitrogens with one attached hydrogen (secondary N) is 2. The van der Waals surface area contributed by atoms with Crippen LogP contribution in [0.1, 0.15) is 61.1 Å². The standard InChI is InChI=1S/C19H25N5O4/c1-19(2,3)28-18(26)23-22-17(25)14-10-13(11-20)15(12-4-5-12)21-16(14)24-6-8-27-9-7-24/h10,12H,4-9H2,1-3H3,(H,22,25)(H,23,26). The van der Waals surface area contributed by atoms with E-state index in [2.05, 4.69) is 21.9 Å². The van der Waals surface area contributed by atoms with Crippen LogP contribution in [0, 0.1) is 11.3 Å². The van der Waals surface area contributed by atoms with Crippen molar-refractivity contribution < 1.29 is 19.1 Å². The van der Waals surface area contributed by atoms with Crippen molar-refractivity contribution >= 4 is 17.8 Å². The lowest BCUT2D eigenvalue weighted by Crippen LogP contribution is -2.45. The van der Waals surface area contributed by atoms with Gasteiger partial charge in [0.05, 0.1) is 30.0 Å². The van der Waals surface area contributed by atoms with E-state index in [1.165, 1.54) is 0 Å². The van der Waals surface area contributed by atoms with Gasteiger partial charge in [0.25, 0.3) is 5.91 Å². The average Bonchev–Trinajstić information content (AvgIpc) is 3.49. The molecule has 2 heterocycles. The number of carbonyl (C=O) groups excluding carboxylic acids is 2. The van der Waals surface area contributed by atoms with Gasteiger partial charge in [0.1, 0.15) is 17.5 Å². The van der Waals surface area contributed by atoms with E-state index in [0.717, 1.165) is 18.5 Å². The molecule has 1 aliphatic heterocycles. The lowest BCUT2D eigenvalue weighted by atomic mass is 10.1. The van der Waals surface area contributed by atoms with Crippen molar-refractivity contribution in [2.75, 3.05) is 31.2 Å². The summed E-state index contributed by atoms with van der Waals surface area (Å²) in [6, 6.07) is 3.69. The van der Waals surface area contributed by atoms with Crippen LogP contribution in [0.4, 0.5) is 10.6 Å². The molecule has 1 aliphatic carbocycles. The molecule has 1 saturated carbocycles. The maximum atomic E-state index is 12.8. The van der Waals surface area contributed by atoms with Gasteiger partial charge in [-0.3, -0.25) is 10.2 Å². The Labute approximate surface area is 164 Å². The fourth-order valence-corrected chi connectivity index (χ4v) is 2.94. The first-order chi connectivity index (χ1) is 13.3. The van der Waals surface area contributed by atoms with Crippen molar-refractivity contribution in [1.29, 1.82) is 5.26 Å². The summed E-state index contributed by atoms with van der Waals surface area (Å²) >= 11 is 0. The molecule has 2 amide bonds. The second-order valence-corrected chi connectivity index (χ2v) is 7.86. The van der Waals surface area contributed by atoms with Gasteiger partial charge in [0.2, 0.25) is 0 Å². The molecule has 28 heavy (non-hydrogen) atoms. The largest absolute Gasteiger partial charge is 0.443 e. The fraction of sp³-hybridized carbons (Fsp3) is 0.579. The third kappa shape index (κ3) is 4.89. The zero-order valence-electron chi connectivity index (χ0n) is 16.4. The molecule has 9 heteroatoms. The van der Waals surface area contributed by atoms with Gasteiger partial charge < -0.3 is 14.4 Å². The number of hydrogen-bond acceptors (Lipinski definition) is 7. The lowest BCUT2D eigenvalue weighted by Gasteiger charge is -2.30. The number of aromatic nitrogens is 1. The maximum Gasteiger partial charge on any atom is 0.426 e. The smallest absolute Gasteiger partial charge is 0.426 e. The number of nitriles is 1. The normalized spacial score (nSPS) is 16.9. The minimum Gasteiger partial charge on any atom is -0.443 e. The number of carbonyl (C=O) groups is 2. The Balaban J connectivity index is 1.84. The molecule has 2 aliphatic rings. The second kappa shape index (κ2) is 8.02. The first-order valence-corrected chi connectivity index (χ1v) is 9.35. The predicted octanol–water partition coefficient (Wildman–Crippen LogP) is 1.84. The van der Waals surface area contributed by atoms with Crippen molar-refractivity contribution in [2.45, 2.75) is 45.1 Å². The molecular weight excluding hydrogens is 362 g/mol. The van der Waals surface area contributed by atoms with Crippen molar-refractivity contribution in [3.8, 4) is 6.07 Å². The van der Waals surface area contributed by atoms with Gasteiger partial charge in [0, 0.05) is 19.0 Å². The monoisotopic (exact) mass is 387 g/mol. The summed E-state index contributed by atoms with van der Waals surface area (Å²) in [5, 5.41) is 9.50. The number of hydrogen-bond donors (Lipinski definition) is 2. The summed E-state index contributed by atoms with van der Waals surface area (Å²) in [4.78, 5) is 31.2. The van der Waals surface area contributed by atoms with Crippen LogP contribution in [0.3, 0.4) is 0 Å². The number of nitrogens with zero attached hydrogens (tertiary/aromatic N) is 3. The van der Waals surface area contributed by atoms with Gasteiger partial charge in [-0.1, -0.05) is 0 Å². The summed E-state index contributed by atoms with van der Waals surface area (Å²) in [5.74, 6) is 0.220. The molecule has 1 saturated heterocycles. The molecule has 2 N–H and O–H groups in total. The predicted molar refractivity (Wildman–Crippen MR) is 101 cm³/mol. The zero-order chi connectivity index (χ0) is 20.3. The maximum absolute atomic E-state index is 12.8. The first-order valence-electron chi connectivity index (χ1n) is 9.35. The van der Waals surface area contributed by atoms with Crippen molar-refractivity contribution in [3.63, 3.8) is 0 Å². The van der Waals surface area contributed by atoms with E-state index in [1.807, 2.05) is 4.90 Å². The summed E-state index contributed by atoms with van der Waals surface area (Å²) in [7, 11) is 0. The highest BCUT2D eigenvalue weighted by atomic mass is 16.6. The Morgan fingerprint density at radius 3 is 2.54 bits per heavy atom. The van der Waals surface area contributed by atoms with Gasteiger partial charge in [-0.15, -0.1) is 0 Å². The molecule has 0 aromatic carbocycles. The summed E-state index contributed by atoms with van der Waals surface area (Å²) in [6.45, 7) is 7.46. The minimum absolute atomic E-state index is 0.235. The Hall–Kier alpha value is -2.86. The SMILES string of the molecule is CC(C)(C)OC(=O)NNC(=O)c1cc(C#N)c(C2CC2)nc1N1CCOCC1. The van der Waals surface area contributed by atoms with Crippen molar-refractivity contribution in [1.82, 2.24) is 15.8 Å². The van der Waals surface area contributed by atoms with E-state index in [4.69, 9.17) is 9.47 Å². The van der Waals surface area contributed by atoms with Crippen LogP contribution in [0.5, 0.6) is 0 Å². The van der Waals surface area contributed by atoms with Gasteiger partial charge in [-0.2, -0.15) is 5.26 Å². The highest BCUT2D eigenvalue weighted by molar-refractivity contribution is 6.00. The quantitative estimate of drug-likeness (QED) is 0.760. The molecule has 9 nitrogen and oxygen atoms in total. The van der Waals surface area contributed by atoms with E-state index in [1.54, 1.807) is 26.8 Å². The summed E-state index contributed by atoms with van der Waals surface area (Å²) in [5.41, 5.74) is 5.26. The molecule has 0 radical (unpaired) electrons. The average molecular weight is 387 g/mol. The second-order valence-electron chi connectivity index (χ2n) is 7.86. The molecule has 3 rings (SSSR count). The topological polar surface area (TPSA) is 117 Å². The molecule has 1 aromatic heterocycles. The highest BCUT2D eigenvalue weighted by Crippen LogP contribution is 2.41. The molecule has 2 fully saturated rings. The number of ether oxygens (including phenoxy) is 2. The molecular formula is C19H25N5O4. The van der Waals surface area contributed by atoms with E-state index in [9.17, 15) is 14.9 Å². The summed E-state index contributed by atoms with van der Waals surface area (Å²) in [6.07, 6.45) is 1.23. The number of rotatable bonds is 3. The number of amides is 2. The highest BCUT2D eigenvalue weighted by Gasteiger charge is 2.31. The third-order valence-electron chi connectivity index (χ3n) is 4.35. The lowest BCUT2D eigenvalue weighted by molar-refractivity contribution is 0.0483. The van der Waals surface area contributed by atoms with E-state index in [-0.39, 0.29) is 11.5 Å². The van der Waals surface area contributed by atoms with Crippen LogP contribution in [-0.2, 0) is 9.47 Å². The number of hydrazine groups is 1. The Kier molecular flexibility index (Phi) is 5.70. The third-order valence-corrected chi connectivity index (χ3v) is 4.35. The van der Waals surface area contributed by atoms with E-state index in [0.29, 0.717) is 37.7 Å². The zero-order valence-corrected chi connectivity index (χ0v) is 16.4. The Bertz CT molecular complexity index is 802. The fourth-order valence-electron chi connectivity index (χ4n) is 2.94. The minimum atomic E-state index is -0.767. The number of anilines is 1.